The maximum Gasteiger partial charge on any atom is 0.259 e. The topological polar surface area (TPSA) is 237 Å². The number of carbonyl (C=O) groups is 2. The third kappa shape index (κ3) is 5.95. The van der Waals surface area contributed by atoms with Crippen LogP contribution < -0.4 is 15.4 Å². The lowest BCUT2D eigenvalue weighted by atomic mass is 9.90. The molecular weight excluding hydrogens is 576 g/mol. The summed E-state index contributed by atoms with van der Waals surface area (Å²) in [5.41, 5.74) is -5.35. The number of methoxy groups -OCH3 is 1. The predicted octanol–water partition coefficient (Wildman–Crippen LogP) is -3.93. The largest absolute Gasteiger partial charge is 0.491 e. The molecule has 2 fully saturated rings. The van der Waals surface area contributed by atoms with Gasteiger partial charge in [-0.3, -0.25) is 9.59 Å². The molecule has 2 amide bonds. The molecule has 3 rings (SSSR count). The van der Waals surface area contributed by atoms with Crippen LogP contribution in [0.15, 0.2) is 0 Å². The Hall–Kier alpha value is -2.72. The fourth-order valence-electron chi connectivity index (χ4n) is 4.41. The third-order valence-electron chi connectivity index (χ3n) is 6.50. The van der Waals surface area contributed by atoms with E-state index in [0.717, 1.165) is 6.92 Å². The molecule has 232 valence electrons. The molecular formula is C22H28F4N2O13. The lowest BCUT2D eigenvalue weighted by Gasteiger charge is -2.50. The van der Waals surface area contributed by atoms with Crippen molar-refractivity contribution in [2.75, 3.05) is 20.3 Å². The molecule has 0 radical (unpaired) electrons. The average molecular weight is 604 g/mol. The molecule has 19 heteroatoms. The summed E-state index contributed by atoms with van der Waals surface area (Å²) in [6, 6.07) is -1.57. The standard InChI is InChI=1S/C22H28F4N2O13/c1-5(31)27-13-14(32)15(6(3-29)39-20(13)36)41-21-18(34)22(37,17(33)7(4-30)40-21)28-19(35)8-9(23)11(25)16(38-2)12(26)10(8)24/h6-7,13-15,17-18,20-21,29-30,32-34,36-37H,3-4H2,1-2H3,(H,27,31)(H,28,35)/t6-,7-,13-,14-,15-,17+,18+,20?,21+,22+/m1/s1. The first-order valence-corrected chi connectivity index (χ1v) is 11.8. The average Bonchev–Trinajstić information content (AvgIpc) is 2.91. The highest BCUT2D eigenvalue weighted by Crippen LogP contribution is 2.34. The fourth-order valence-corrected chi connectivity index (χ4v) is 4.41. The third-order valence-corrected chi connectivity index (χ3v) is 6.50. The Morgan fingerprint density at radius 1 is 0.927 bits per heavy atom. The number of aliphatic hydroxyl groups excluding tert-OH is 6. The maximum atomic E-state index is 14.5. The first-order valence-electron chi connectivity index (χ1n) is 11.8. The Kier molecular flexibility index (Phi) is 10.1. The Balaban J connectivity index is 1.96. The van der Waals surface area contributed by atoms with Gasteiger partial charge in [0, 0.05) is 6.92 Å². The zero-order chi connectivity index (χ0) is 31.0. The molecule has 0 bridgehead atoms. The maximum absolute atomic E-state index is 14.5. The number of rotatable bonds is 8. The number of hydrogen-bond acceptors (Lipinski definition) is 13. The van der Waals surface area contributed by atoms with Crippen molar-refractivity contribution < 1.29 is 81.8 Å². The van der Waals surface area contributed by atoms with Crippen LogP contribution in [0.25, 0.3) is 0 Å². The van der Waals surface area contributed by atoms with Crippen molar-refractivity contribution in [3.8, 4) is 5.75 Å². The molecule has 2 aliphatic heterocycles. The van der Waals surface area contributed by atoms with E-state index in [9.17, 15) is 62.9 Å². The molecule has 0 saturated carbocycles. The van der Waals surface area contributed by atoms with Gasteiger partial charge in [0.25, 0.3) is 5.91 Å². The van der Waals surface area contributed by atoms with Crippen LogP contribution in [0.2, 0.25) is 0 Å². The SMILES string of the molecule is COc1c(F)c(F)c(C(=O)N[C@@]2(O)[C@@H](O)[C@H](O[C@H]3[C@H](O)[C@@H](NC(C)=O)C(O)O[C@@H]3CO)O[C@H](CO)[C@@H]2O)c(F)c1F. The summed E-state index contributed by atoms with van der Waals surface area (Å²) in [6.45, 7) is -1.06. The van der Waals surface area contributed by atoms with Crippen molar-refractivity contribution in [1.82, 2.24) is 10.6 Å². The molecule has 10 atom stereocenters. The summed E-state index contributed by atoms with van der Waals surface area (Å²) < 4.78 is 77.2. The van der Waals surface area contributed by atoms with Gasteiger partial charge in [-0.25, -0.2) is 8.78 Å². The highest BCUT2D eigenvalue weighted by atomic mass is 19.2. The summed E-state index contributed by atoms with van der Waals surface area (Å²) in [5.74, 6) is -13.1. The molecule has 2 aliphatic rings. The number of hydrogen-bond donors (Lipinski definition) is 9. The lowest BCUT2D eigenvalue weighted by molar-refractivity contribution is -0.366. The molecule has 1 aromatic rings. The molecule has 0 spiro atoms. The van der Waals surface area contributed by atoms with E-state index < -0.39 is 121 Å². The van der Waals surface area contributed by atoms with Gasteiger partial charge in [0.05, 0.1) is 20.3 Å². The molecule has 41 heavy (non-hydrogen) atoms. The summed E-state index contributed by atoms with van der Waals surface area (Å²) >= 11 is 0. The van der Waals surface area contributed by atoms with Crippen LogP contribution in [-0.2, 0) is 19.0 Å². The molecule has 1 aromatic carbocycles. The van der Waals surface area contributed by atoms with Gasteiger partial charge < -0.3 is 65.3 Å². The number of halogens is 4. The zero-order valence-electron chi connectivity index (χ0n) is 21.2. The quantitative estimate of drug-likeness (QED) is 0.0784. The van der Waals surface area contributed by atoms with E-state index in [-0.39, 0.29) is 0 Å². The number of nitrogens with one attached hydrogen (secondary N) is 2. The molecule has 9 N–H and O–H groups in total. The minimum absolute atomic E-state index is 0.682. The molecule has 2 saturated heterocycles. The van der Waals surface area contributed by atoms with Gasteiger partial charge in [-0.1, -0.05) is 0 Å². The van der Waals surface area contributed by atoms with Crippen LogP contribution in [0.3, 0.4) is 0 Å². The van der Waals surface area contributed by atoms with Crippen molar-refractivity contribution in [2.45, 2.75) is 67.9 Å². The van der Waals surface area contributed by atoms with E-state index in [1.54, 1.807) is 0 Å². The van der Waals surface area contributed by atoms with Gasteiger partial charge in [0.1, 0.15) is 42.1 Å². The van der Waals surface area contributed by atoms with E-state index >= 15 is 0 Å². The van der Waals surface area contributed by atoms with Gasteiger partial charge in [0.2, 0.25) is 17.5 Å². The van der Waals surface area contributed by atoms with Crippen molar-refractivity contribution >= 4 is 11.8 Å². The monoisotopic (exact) mass is 604 g/mol. The van der Waals surface area contributed by atoms with Crippen molar-refractivity contribution in [3.05, 3.63) is 28.8 Å². The van der Waals surface area contributed by atoms with E-state index in [0.29, 0.717) is 7.11 Å². The fraction of sp³-hybridized carbons (Fsp3) is 0.636. The smallest absolute Gasteiger partial charge is 0.259 e. The van der Waals surface area contributed by atoms with Gasteiger partial charge in [-0.2, -0.15) is 8.78 Å². The highest BCUT2D eigenvalue weighted by molar-refractivity contribution is 5.95. The summed E-state index contributed by atoms with van der Waals surface area (Å²) in [4.78, 5) is 24.2. The molecule has 0 aromatic heterocycles. The Morgan fingerprint density at radius 3 is 1.98 bits per heavy atom. The number of carbonyl (C=O) groups excluding carboxylic acids is 2. The number of aliphatic hydroxyl groups is 7. The zero-order valence-corrected chi connectivity index (χ0v) is 21.2. The summed E-state index contributed by atoms with van der Waals surface area (Å²) in [5, 5.41) is 76.0. The van der Waals surface area contributed by atoms with Crippen molar-refractivity contribution in [1.29, 1.82) is 0 Å². The van der Waals surface area contributed by atoms with Crippen LogP contribution in [0.4, 0.5) is 17.6 Å². The second-order valence-electron chi connectivity index (χ2n) is 9.12. The van der Waals surface area contributed by atoms with Gasteiger partial charge in [0.15, 0.2) is 41.8 Å². The molecule has 2 heterocycles. The Morgan fingerprint density at radius 2 is 1.49 bits per heavy atom. The first-order chi connectivity index (χ1) is 19.1. The van der Waals surface area contributed by atoms with E-state index in [1.807, 2.05) is 0 Å². The van der Waals surface area contributed by atoms with Crippen LogP contribution in [0.5, 0.6) is 5.75 Å². The lowest BCUT2D eigenvalue weighted by Crippen LogP contribution is -2.75. The highest BCUT2D eigenvalue weighted by Gasteiger charge is 2.58. The van der Waals surface area contributed by atoms with Crippen LogP contribution in [0.1, 0.15) is 17.3 Å². The van der Waals surface area contributed by atoms with E-state index in [4.69, 9.17) is 14.2 Å². The predicted molar refractivity (Wildman–Crippen MR) is 119 cm³/mol. The van der Waals surface area contributed by atoms with Gasteiger partial charge in [-0.05, 0) is 0 Å². The second-order valence-corrected chi connectivity index (χ2v) is 9.12. The molecule has 0 aliphatic carbocycles. The number of ether oxygens (including phenoxy) is 4. The molecule has 15 nitrogen and oxygen atoms in total. The Bertz CT molecular complexity index is 1120. The number of amides is 2. The van der Waals surface area contributed by atoms with Crippen molar-refractivity contribution in [3.63, 3.8) is 0 Å². The number of benzene rings is 1. The second kappa shape index (κ2) is 12.7. The van der Waals surface area contributed by atoms with E-state index in [1.165, 1.54) is 5.32 Å². The van der Waals surface area contributed by atoms with Crippen LogP contribution in [0, 0.1) is 23.3 Å². The van der Waals surface area contributed by atoms with Gasteiger partial charge in [-0.15, -0.1) is 0 Å². The van der Waals surface area contributed by atoms with Crippen LogP contribution >= 0.6 is 0 Å². The van der Waals surface area contributed by atoms with E-state index in [2.05, 4.69) is 10.1 Å². The summed E-state index contributed by atoms with van der Waals surface area (Å²) in [6.07, 6.45) is -16.4. The minimum Gasteiger partial charge on any atom is -0.491 e. The van der Waals surface area contributed by atoms with Gasteiger partial charge >= 0.3 is 0 Å². The van der Waals surface area contributed by atoms with Crippen LogP contribution in [-0.4, -0.2) is 129 Å². The summed E-state index contributed by atoms with van der Waals surface area (Å²) in [7, 11) is 0.682. The first kappa shape index (κ1) is 32.8. The Labute approximate surface area is 227 Å². The normalized spacial score (nSPS) is 35.6. The van der Waals surface area contributed by atoms with Crippen molar-refractivity contribution in [2.24, 2.45) is 0 Å². The molecule has 1 unspecified atom stereocenters. The minimum atomic E-state index is -3.43.